The lowest BCUT2D eigenvalue weighted by Crippen LogP contribution is -2.47. The van der Waals surface area contributed by atoms with Crippen molar-refractivity contribution in [1.29, 1.82) is 5.26 Å². The first kappa shape index (κ1) is 12.5. The Labute approximate surface area is 124 Å². The molecule has 1 spiro atoms. The molecular weight excluding hydrogens is 262 g/mol. The van der Waals surface area contributed by atoms with Gasteiger partial charge < -0.3 is 10.1 Å². The number of nitrogens with zero attached hydrogens (tertiary/aromatic N) is 2. The second-order valence-electron chi connectivity index (χ2n) is 5.82. The third-order valence-electron chi connectivity index (χ3n) is 4.56. The van der Waals surface area contributed by atoms with Crippen LogP contribution >= 0.6 is 0 Å². The van der Waals surface area contributed by atoms with Crippen molar-refractivity contribution in [1.82, 2.24) is 9.88 Å². The van der Waals surface area contributed by atoms with E-state index < -0.39 is 0 Å². The van der Waals surface area contributed by atoms with Gasteiger partial charge in [-0.3, -0.25) is 4.57 Å². The van der Waals surface area contributed by atoms with Gasteiger partial charge in [-0.1, -0.05) is 12.1 Å². The third-order valence-corrected chi connectivity index (χ3v) is 4.56. The molecule has 1 saturated heterocycles. The number of benzene rings is 1. The predicted octanol–water partition coefficient (Wildman–Crippen LogP) is 2.63. The number of aromatic nitrogens is 1. The maximum absolute atomic E-state index is 9.50. The van der Waals surface area contributed by atoms with Crippen LogP contribution in [-0.4, -0.2) is 17.7 Å². The summed E-state index contributed by atoms with van der Waals surface area (Å²) in [6.07, 6.45) is 1.86. The van der Waals surface area contributed by atoms with E-state index in [1.54, 1.807) is 0 Å². The molecule has 4 nitrogen and oxygen atoms in total. The molecule has 0 bridgehead atoms. The van der Waals surface area contributed by atoms with Crippen molar-refractivity contribution in [2.45, 2.75) is 25.4 Å². The molecule has 2 aliphatic rings. The average molecular weight is 279 g/mol. The maximum Gasteiger partial charge on any atom is 0.152 e. The average Bonchev–Trinajstić information content (AvgIpc) is 2.86. The first-order chi connectivity index (χ1) is 10.2. The van der Waals surface area contributed by atoms with Gasteiger partial charge >= 0.3 is 0 Å². The lowest BCUT2D eigenvalue weighted by molar-refractivity contribution is 0.0196. The van der Waals surface area contributed by atoms with Gasteiger partial charge in [-0.2, -0.15) is 5.26 Å². The Morgan fingerprint density at radius 1 is 1.29 bits per heavy atom. The summed E-state index contributed by atoms with van der Waals surface area (Å²) in [4.78, 5) is 0. The summed E-state index contributed by atoms with van der Waals surface area (Å²) in [6.45, 7) is 3.96. The van der Waals surface area contributed by atoms with Gasteiger partial charge in [0.05, 0.1) is 11.4 Å². The Morgan fingerprint density at radius 2 is 2.05 bits per heavy atom. The lowest BCUT2D eigenvalue weighted by Gasteiger charge is -2.43. The van der Waals surface area contributed by atoms with Crippen LogP contribution in [0.1, 0.15) is 29.8 Å². The number of nitriles is 1. The van der Waals surface area contributed by atoms with E-state index >= 15 is 0 Å². The highest BCUT2D eigenvalue weighted by atomic mass is 16.5. The number of fused-ring (bicyclic) bond motifs is 4. The molecule has 1 N–H and O–H groups in total. The minimum Gasteiger partial charge on any atom is -0.479 e. The molecule has 4 rings (SSSR count). The van der Waals surface area contributed by atoms with E-state index in [0.29, 0.717) is 5.69 Å². The molecule has 3 heterocycles. The molecular formula is C17H17N3O. The van der Waals surface area contributed by atoms with Gasteiger partial charge in [-0.15, -0.1) is 0 Å². The normalized spacial score (nSPS) is 18.5. The standard InChI is InChI=1S/C17H17N3O/c1-12-10-13(11-18)20-14-4-2-3-5-15(14)21-17(16(12)20)6-8-19-9-7-17/h2-5,10,19H,6-9H2,1H3. The van der Waals surface area contributed by atoms with Gasteiger partial charge in [-0.25, -0.2) is 0 Å². The lowest BCUT2D eigenvalue weighted by atomic mass is 9.85. The minimum absolute atomic E-state index is 0.307. The Hall–Kier alpha value is -2.25. The van der Waals surface area contributed by atoms with Gasteiger partial charge in [-0.05, 0) is 43.8 Å². The summed E-state index contributed by atoms with van der Waals surface area (Å²) in [5.41, 5.74) is 3.65. The van der Waals surface area contributed by atoms with E-state index in [2.05, 4.69) is 22.9 Å². The fourth-order valence-corrected chi connectivity index (χ4v) is 3.69. The number of hydrogen-bond acceptors (Lipinski definition) is 3. The highest BCUT2D eigenvalue weighted by molar-refractivity contribution is 5.57. The summed E-state index contributed by atoms with van der Waals surface area (Å²) in [5.74, 6) is 0.874. The summed E-state index contributed by atoms with van der Waals surface area (Å²) in [7, 11) is 0. The predicted molar refractivity (Wildman–Crippen MR) is 79.6 cm³/mol. The highest BCUT2D eigenvalue weighted by Gasteiger charge is 2.44. The van der Waals surface area contributed by atoms with Gasteiger partial charge in [0.2, 0.25) is 0 Å². The van der Waals surface area contributed by atoms with E-state index in [-0.39, 0.29) is 5.60 Å². The van der Waals surface area contributed by atoms with Crippen LogP contribution in [0.2, 0.25) is 0 Å². The monoisotopic (exact) mass is 279 g/mol. The number of aryl methyl sites for hydroxylation is 1. The smallest absolute Gasteiger partial charge is 0.152 e. The van der Waals surface area contributed by atoms with E-state index in [4.69, 9.17) is 4.74 Å². The van der Waals surface area contributed by atoms with Crippen LogP contribution in [0.15, 0.2) is 30.3 Å². The number of nitrogens with one attached hydrogen (secondary N) is 1. The van der Waals surface area contributed by atoms with Gasteiger partial charge in [0.25, 0.3) is 0 Å². The molecule has 0 saturated carbocycles. The SMILES string of the molecule is Cc1cc(C#N)n2c1C1(CCNCC1)Oc1ccccc1-2. The highest BCUT2D eigenvalue weighted by Crippen LogP contribution is 2.46. The molecule has 2 aromatic rings. The number of para-hydroxylation sites is 2. The van der Waals surface area contributed by atoms with E-state index in [0.717, 1.165) is 48.6 Å². The first-order valence-corrected chi connectivity index (χ1v) is 7.37. The molecule has 106 valence electrons. The number of rotatable bonds is 0. The second-order valence-corrected chi connectivity index (χ2v) is 5.82. The zero-order valence-electron chi connectivity index (χ0n) is 12.0. The van der Waals surface area contributed by atoms with E-state index in [1.807, 2.05) is 30.3 Å². The Kier molecular flexibility index (Phi) is 2.60. The number of piperidine rings is 1. The fraction of sp³-hybridized carbons (Fsp3) is 0.353. The summed E-state index contributed by atoms with van der Waals surface area (Å²) in [5, 5.41) is 12.9. The molecule has 0 amide bonds. The van der Waals surface area contributed by atoms with Gasteiger partial charge in [0.1, 0.15) is 17.5 Å². The van der Waals surface area contributed by atoms with Gasteiger partial charge in [0.15, 0.2) is 5.60 Å². The molecule has 0 aliphatic carbocycles. The summed E-state index contributed by atoms with van der Waals surface area (Å²) in [6, 6.07) is 12.3. The van der Waals surface area contributed by atoms with Crippen LogP contribution in [0, 0.1) is 18.3 Å². The molecule has 0 atom stereocenters. The number of hydrogen-bond donors (Lipinski definition) is 1. The topological polar surface area (TPSA) is 50.0 Å². The van der Waals surface area contributed by atoms with Crippen molar-refractivity contribution >= 4 is 0 Å². The fourth-order valence-electron chi connectivity index (χ4n) is 3.69. The quantitative estimate of drug-likeness (QED) is 0.806. The number of ether oxygens (including phenoxy) is 1. The van der Waals surface area contributed by atoms with Crippen molar-refractivity contribution in [3.05, 3.63) is 47.3 Å². The molecule has 1 aromatic heterocycles. The van der Waals surface area contributed by atoms with Crippen molar-refractivity contribution in [2.24, 2.45) is 0 Å². The zero-order valence-corrected chi connectivity index (χ0v) is 12.0. The molecule has 21 heavy (non-hydrogen) atoms. The minimum atomic E-state index is -0.307. The largest absolute Gasteiger partial charge is 0.479 e. The summed E-state index contributed by atoms with van der Waals surface area (Å²) >= 11 is 0. The van der Waals surface area contributed by atoms with Crippen LogP contribution in [0.25, 0.3) is 5.69 Å². The summed E-state index contributed by atoms with van der Waals surface area (Å²) < 4.78 is 8.55. The van der Waals surface area contributed by atoms with Crippen LogP contribution in [0.3, 0.4) is 0 Å². The molecule has 0 radical (unpaired) electrons. The molecule has 2 aliphatic heterocycles. The molecule has 4 heteroatoms. The molecule has 1 fully saturated rings. The Bertz CT molecular complexity index is 748. The zero-order chi connectivity index (χ0) is 14.4. The van der Waals surface area contributed by atoms with Gasteiger partial charge in [0, 0.05) is 12.8 Å². The molecule has 0 unspecified atom stereocenters. The van der Waals surface area contributed by atoms with Crippen LogP contribution in [0.4, 0.5) is 0 Å². The maximum atomic E-state index is 9.50. The second kappa shape index (κ2) is 4.37. The van der Waals surface area contributed by atoms with E-state index in [9.17, 15) is 5.26 Å². The first-order valence-electron chi connectivity index (χ1n) is 7.37. The van der Waals surface area contributed by atoms with Crippen LogP contribution in [0.5, 0.6) is 5.75 Å². The Balaban J connectivity index is 2.03. The van der Waals surface area contributed by atoms with Crippen molar-refractivity contribution in [2.75, 3.05) is 13.1 Å². The van der Waals surface area contributed by atoms with E-state index in [1.165, 1.54) is 0 Å². The van der Waals surface area contributed by atoms with Crippen LogP contribution < -0.4 is 10.1 Å². The van der Waals surface area contributed by atoms with Crippen LogP contribution in [-0.2, 0) is 5.60 Å². The van der Waals surface area contributed by atoms with Crippen molar-refractivity contribution < 1.29 is 4.74 Å². The third kappa shape index (κ3) is 1.64. The Morgan fingerprint density at radius 3 is 2.81 bits per heavy atom. The van der Waals surface area contributed by atoms with Crippen molar-refractivity contribution in [3.63, 3.8) is 0 Å². The van der Waals surface area contributed by atoms with Crippen molar-refractivity contribution in [3.8, 4) is 17.5 Å². The molecule has 1 aromatic carbocycles.